The highest BCUT2D eigenvalue weighted by Gasteiger charge is 2.13. The van der Waals surface area contributed by atoms with Crippen LogP contribution in [0.25, 0.3) is 0 Å². The van der Waals surface area contributed by atoms with Crippen molar-refractivity contribution in [3.05, 3.63) is 58.7 Å². The molecule has 0 saturated heterocycles. The van der Waals surface area contributed by atoms with E-state index in [0.717, 1.165) is 24.2 Å². The van der Waals surface area contributed by atoms with Gasteiger partial charge in [0.05, 0.1) is 22.8 Å². The second-order valence-electron chi connectivity index (χ2n) is 15.2. The Morgan fingerprint density at radius 2 is 0.640 bits per heavy atom. The molecule has 2 heteroatoms. The average Bonchev–Trinajstić information content (AvgIpc) is 3.12. The highest BCUT2D eigenvalue weighted by Crippen LogP contribution is 2.27. The van der Waals surface area contributed by atoms with Crippen LogP contribution in [-0.4, -0.2) is 11.4 Å². The van der Waals surface area contributed by atoms with Gasteiger partial charge in [0.15, 0.2) is 0 Å². The van der Waals surface area contributed by atoms with E-state index in [9.17, 15) is 0 Å². The van der Waals surface area contributed by atoms with Crippen molar-refractivity contribution in [2.24, 2.45) is 9.98 Å². The molecule has 2 aromatic rings. The van der Waals surface area contributed by atoms with E-state index in [1.165, 1.54) is 189 Å². The first-order valence-electron chi connectivity index (χ1n) is 22.0. The van der Waals surface area contributed by atoms with Crippen LogP contribution in [0.2, 0.25) is 0 Å². The van der Waals surface area contributed by atoms with Crippen LogP contribution in [0.4, 0.5) is 11.4 Å². The van der Waals surface area contributed by atoms with Crippen molar-refractivity contribution in [3.63, 3.8) is 0 Å². The molecular formula is C48H80N2. The largest absolute Gasteiger partial charge is 0.252 e. The fourth-order valence-electron chi connectivity index (χ4n) is 7.21. The van der Waals surface area contributed by atoms with Gasteiger partial charge in [-0.15, -0.1) is 0 Å². The second kappa shape index (κ2) is 29.4. The molecule has 282 valence electrons. The fraction of sp³-hybridized carbons (Fsp3) is 0.708. The van der Waals surface area contributed by atoms with Crippen molar-refractivity contribution in [2.75, 3.05) is 0 Å². The summed E-state index contributed by atoms with van der Waals surface area (Å²) >= 11 is 0. The SMILES string of the molecule is CCCCCCCCC(=Nc1ccc(CCCCC)c(CCCCC)c1)C(CCCCCC)=Nc1ccc(CCCCC)c(CCCCC)c1. The number of benzene rings is 2. The third kappa shape index (κ3) is 18.9. The molecule has 0 aliphatic heterocycles. The predicted octanol–water partition coefficient (Wildman–Crippen LogP) is 16.2. The summed E-state index contributed by atoms with van der Waals surface area (Å²) in [5, 5.41) is 0. The van der Waals surface area contributed by atoms with Crippen LogP contribution in [0.3, 0.4) is 0 Å². The minimum Gasteiger partial charge on any atom is -0.252 e. The Kier molecular flexibility index (Phi) is 25.8. The summed E-state index contributed by atoms with van der Waals surface area (Å²) in [7, 11) is 0. The number of nitrogens with zero attached hydrogens (tertiary/aromatic N) is 2. The number of aryl methyl sites for hydroxylation is 4. The van der Waals surface area contributed by atoms with Crippen molar-refractivity contribution in [1.82, 2.24) is 0 Å². The molecule has 0 spiro atoms. The number of hydrogen-bond donors (Lipinski definition) is 0. The van der Waals surface area contributed by atoms with Crippen molar-refractivity contribution in [3.8, 4) is 0 Å². The van der Waals surface area contributed by atoms with Crippen molar-refractivity contribution < 1.29 is 0 Å². The molecule has 2 rings (SSSR count). The molecule has 0 atom stereocenters. The van der Waals surface area contributed by atoms with Gasteiger partial charge in [-0.05, 0) is 124 Å². The molecule has 0 unspecified atom stereocenters. The molecule has 0 heterocycles. The molecule has 0 bridgehead atoms. The van der Waals surface area contributed by atoms with Gasteiger partial charge in [-0.1, -0.05) is 156 Å². The topological polar surface area (TPSA) is 24.7 Å². The molecule has 0 fully saturated rings. The maximum absolute atomic E-state index is 5.55. The zero-order valence-corrected chi connectivity index (χ0v) is 34.2. The third-order valence-electron chi connectivity index (χ3n) is 10.5. The summed E-state index contributed by atoms with van der Waals surface area (Å²) in [6.07, 6.45) is 35.1. The molecule has 2 nitrogen and oxygen atoms in total. The van der Waals surface area contributed by atoms with E-state index >= 15 is 0 Å². The first kappa shape index (κ1) is 43.9. The van der Waals surface area contributed by atoms with Crippen LogP contribution in [0, 0.1) is 0 Å². The van der Waals surface area contributed by atoms with Crippen molar-refractivity contribution in [1.29, 1.82) is 0 Å². The first-order chi connectivity index (χ1) is 24.6. The summed E-state index contributed by atoms with van der Waals surface area (Å²) in [6, 6.07) is 14.4. The van der Waals surface area contributed by atoms with Gasteiger partial charge in [0.2, 0.25) is 0 Å². The Balaban J connectivity index is 2.57. The van der Waals surface area contributed by atoms with Crippen molar-refractivity contribution in [2.45, 2.75) is 221 Å². The lowest BCUT2D eigenvalue weighted by molar-refractivity contribution is 0.616. The molecule has 0 saturated carbocycles. The third-order valence-corrected chi connectivity index (χ3v) is 10.5. The fourth-order valence-corrected chi connectivity index (χ4v) is 7.21. The smallest absolute Gasteiger partial charge is 0.0636 e. The lowest BCUT2D eigenvalue weighted by Gasteiger charge is -2.15. The summed E-state index contributed by atoms with van der Waals surface area (Å²) in [4.78, 5) is 11.1. The van der Waals surface area contributed by atoms with E-state index in [2.05, 4.69) is 77.9 Å². The van der Waals surface area contributed by atoms with E-state index in [0.29, 0.717) is 0 Å². The molecule has 0 amide bonds. The zero-order chi connectivity index (χ0) is 36.1. The minimum absolute atomic E-state index is 1.02. The van der Waals surface area contributed by atoms with Gasteiger partial charge in [0, 0.05) is 0 Å². The average molecular weight is 685 g/mol. The molecule has 2 aromatic carbocycles. The number of aliphatic imine (C=N–C) groups is 2. The van der Waals surface area contributed by atoms with Gasteiger partial charge in [-0.25, -0.2) is 0 Å². The molecule has 0 radical (unpaired) electrons. The van der Waals surface area contributed by atoms with E-state index in [1.54, 1.807) is 11.1 Å². The lowest BCUT2D eigenvalue weighted by atomic mass is 9.96. The summed E-state index contributed by atoms with van der Waals surface area (Å²) in [5.74, 6) is 0. The summed E-state index contributed by atoms with van der Waals surface area (Å²) in [5.41, 5.74) is 10.9. The van der Waals surface area contributed by atoms with E-state index in [4.69, 9.17) is 9.98 Å². The highest BCUT2D eigenvalue weighted by atomic mass is 14.8. The Hall–Kier alpha value is -2.22. The van der Waals surface area contributed by atoms with Crippen LogP contribution in [-0.2, 0) is 25.7 Å². The second-order valence-corrected chi connectivity index (χ2v) is 15.2. The quantitative estimate of drug-likeness (QED) is 0.0558. The molecular weight excluding hydrogens is 605 g/mol. The van der Waals surface area contributed by atoms with Gasteiger partial charge in [0.1, 0.15) is 0 Å². The van der Waals surface area contributed by atoms with E-state index in [1.807, 2.05) is 0 Å². The molecule has 0 N–H and O–H groups in total. The normalized spacial score (nSPS) is 12.3. The van der Waals surface area contributed by atoms with E-state index < -0.39 is 0 Å². The van der Waals surface area contributed by atoms with Gasteiger partial charge in [-0.3, -0.25) is 9.98 Å². The summed E-state index contributed by atoms with van der Waals surface area (Å²) < 4.78 is 0. The standard InChI is InChI=1S/C48H80N2/c1-7-13-19-21-22-28-34-48(50-46-38-36-42(30-24-16-10-4)44(40-46)32-26-18-12-6)47(33-27-20-14-8-2)49-45-37-35-41(29-23-15-9-3)43(39-45)31-25-17-11-5/h35-40H,7-34H2,1-6H3. The van der Waals surface area contributed by atoms with E-state index in [-0.39, 0.29) is 0 Å². The van der Waals surface area contributed by atoms with Crippen LogP contribution in [0.5, 0.6) is 0 Å². The minimum atomic E-state index is 1.02. The Bertz CT molecular complexity index is 1190. The zero-order valence-electron chi connectivity index (χ0n) is 34.2. The van der Waals surface area contributed by atoms with Gasteiger partial charge >= 0.3 is 0 Å². The van der Waals surface area contributed by atoms with Gasteiger partial charge < -0.3 is 0 Å². The van der Waals surface area contributed by atoms with Crippen LogP contribution in [0.1, 0.15) is 218 Å². The van der Waals surface area contributed by atoms with Gasteiger partial charge in [-0.2, -0.15) is 0 Å². The van der Waals surface area contributed by atoms with Crippen LogP contribution < -0.4 is 0 Å². The molecule has 0 aliphatic carbocycles. The maximum atomic E-state index is 5.55. The van der Waals surface area contributed by atoms with Gasteiger partial charge in [0.25, 0.3) is 0 Å². The monoisotopic (exact) mass is 685 g/mol. The lowest BCUT2D eigenvalue weighted by Crippen LogP contribution is -2.14. The Morgan fingerprint density at radius 3 is 1.02 bits per heavy atom. The predicted molar refractivity (Wildman–Crippen MR) is 227 cm³/mol. The Labute approximate surface area is 311 Å². The molecule has 0 aliphatic rings. The van der Waals surface area contributed by atoms with Crippen molar-refractivity contribution >= 4 is 22.8 Å². The first-order valence-corrected chi connectivity index (χ1v) is 22.0. The number of hydrogen-bond acceptors (Lipinski definition) is 2. The maximum Gasteiger partial charge on any atom is 0.0636 e. The van der Waals surface area contributed by atoms with Crippen LogP contribution in [0.15, 0.2) is 46.4 Å². The highest BCUT2D eigenvalue weighted by molar-refractivity contribution is 6.43. The molecule has 0 aromatic heterocycles. The molecule has 50 heavy (non-hydrogen) atoms. The summed E-state index contributed by atoms with van der Waals surface area (Å²) in [6.45, 7) is 13.9. The number of rotatable bonds is 31. The Morgan fingerprint density at radius 1 is 0.340 bits per heavy atom. The van der Waals surface area contributed by atoms with Crippen LogP contribution >= 0.6 is 0 Å². The number of unbranched alkanes of at least 4 members (excludes halogenated alkanes) is 16.